The third-order valence-corrected chi connectivity index (χ3v) is 10.6. The van der Waals surface area contributed by atoms with E-state index in [9.17, 15) is 21.6 Å². The van der Waals surface area contributed by atoms with Crippen molar-refractivity contribution in [1.29, 1.82) is 0 Å². The van der Waals surface area contributed by atoms with Crippen LogP contribution in [0.25, 0.3) is 11.4 Å². The summed E-state index contributed by atoms with van der Waals surface area (Å²) < 4.78 is 58.4. The third-order valence-electron chi connectivity index (χ3n) is 7.94. The molecule has 5 N–H and O–H groups in total. The van der Waals surface area contributed by atoms with Crippen molar-refractivity contribution in [2.24, 2.45) is 11.8 Å². The minimum Gasteiger partial charge on any atom is -0.334 e. The summed E-state index contributed by atoms with van der Waals surface area (Å²) in [5.41, 5.74) is 6.49. The number of carbonyl (C=O) groups excluding carboxylic acids is 1. The van der Waals surface area contributed by atoms with E-state index < -0.39 is 20.0 Å². The highest BCUT2D eigenvalue weighted by atomic mass is 32.2. The summed E-state index contributed by atoms with van der Waals surface area (Å²) in [6.07, 6.45) is 12.2. The lowest BCUT2D eigenvalue weighted by molar-refractivity contribution is 0.235. The standard InChI is InChI=1S/C33H51N7O5S3/c1-6-12-24(3)14-8-9-16-27(21-20-25(4)13-7-2)34-32(41)36-37-33-35-31(38-46-33)26-15-10-17-28(22-26)40-48(44,45)30-19-11-18-29(23-30)39-47(5,42)43/h10-11,15,17-19,22-25,27,39-40H,6-9,12-14,16,20-21H2,1-5H3,(H2,34,36,41)(H,35,37,38). The first-order chi connectivity index (χ1) is 22.8. The van der Waals surface area contributed by atoms with Crippen molar-refractivity contribution in [3.05, 3.63) is 48.5 Å². The fraction of sp³-hybridized carbons (Fsp3) is 0.545. The van der Waals surface area contributed by atoms with Gasteiger partial charge in [0.25, 0.3) is 10.0 Å². The summed E-state index contributed by atoms with van der Waals surface area (Å²) in [7, 11) is -7.60. The number of hydrazine groups is 1. The van der Waals surface area contributed by atoms with Crippen LogP contribution in [0.4, 0.5) is 21.3 Å². The van der Waals surface area contributed by atoms with Gasteiger partial charge in [0.2, 0.25) is 15.2 Å². The van der Waals surface area contributed by atoms with E-state index in [-0.39, 0.29) is 28.3 Å². The number of aromatic nitrogens is 2. The van der Waals surface area contributed by atoms with Crippen molar-refractivity contribution < 1.29 is 21.6 Å². The number of sulfonamides is 2. The number of nitrogens with one attached hydrogen (secondary N) is 5. The van der Waals surface area contributed by atoms with Crippen LogP contribution in [0.3, 0.4) is 0 Å². The summed E-state index contributed by atoms with van der Waals surface area (Å²) >= 11 is 1.06. The molecule has 0 spiro atoms. The molecule has 0 aliphatic rings. The van der Waals surface area contributed by atoms with Gasteiger partial charge in [-0.2, -0.15) is 9.36 Å². The van der Waals surface area contributed by atoms with E-state index in [1.807, 2.05) is 0 Å². The van der Waals surface area contributed by atoms with E-state index in [4.69, 9.17) is 0 Å². The normalized spacial score (nSPS) is 13.7. The van der Waals surface area contributed by atoms with Gasteiger partial charge in [-0.05, 0) is 61.4 Å². The number of amides is 2. The molecule has 2 aromatic carbocycles. The molecule has 266 valence electrons. The molecule has 0 aliphatic heterocycles. The molecule has 0 aliphatic carbocycles. The van der Waals surface area contributed by atoms with Gasteiger partial charge in [-0.25, -0.2) is 27.1 Å². The molecule has 0 bridgehead atoms. The number of rotatable bonds is 21. The largest absolute Gasteiger partial charge is 0.334 e. The van der Waals surface area contributed by atoms with Gasteiger partial charge in [0.1, 0.15) is 0 Å². The molecule has 0 saturated carbocycles. The Morgan fingerprint density at radius 1 is 0.812 bits per heavy atom. The Bertz CT molecular complexity index is 1660. The zero-order chi connectivity index (χ0) is 35.2. The van der Waals surface area contributed by atoms with Gasteiger partial charge in [0.15, 0.2) is 5.82 Å². The van der Waals surface area contributed by atoms with Crippen LogP contribution in [0, 0.1) is 11.8 Å². The highest BCUT2D eigenvalue weighted by Crippen LogP contribution is 2.26. The molecule has 3 unspecified atom stereocenters. The number of carbonyl (C=O) groups is 1. The van der Waals surface area contributed by atoms with Crippen LogP contribution in [0.5, 0.6) is 0 Å². The number of benzene rings is 2. The second-order valence-electron chi connectivity index (χ2n) is 12.6. The van der Waals surface area contributed by atoms with E-state index in [2.05, 4.69) is 62.7 Å². The SMILES string of the molecule is CCCC(C)CCCCC(CCC(C)CCC)NC(=O)NNc1nc(-c2cccc(NS(=O)(=O)c3cccc(NS(C)(=O)=O)c3)c2)ns1. The first kappa shape index (κ1) is 39.0. The van der Waals surface area contributed by atoms with Crippen molar-refractivity contribution in [3.8, 4) is 11.4 Å². The van der Waals surface area contributed by atoms with E-state index in [0.29, 0.717) is 22.4 Å². The van der Waals surface area contributed by atoms with Crippen molar-refractivity contribution in [2.75, 3.05) is 21.1 Å². The summed E-state index contributed by atoms with van der Waals surface area (Å²) in [4.78, 5) is 17.2. The third kappa shape index (κ3) is 14.0. The zero-order valence-corrected chi connectivity index (χ0v) is 31.0. The van der Waals surface area contributed by atoms with E-state index in [0.717, 1.165) is 62.2 Å². The maximum atomic E-state index is 13.1. The first-order valence-corrected chi connectivity index (χ1v) is 20.8. The minimum atomic E-state index is -4.03. The van der Waals surface area contributed by atoms with Crippen LogP contribution >= 0.6 is 11.5 Å². The van der Waals surface area contributed by atoms with Gasteiger partial charge in [0, 0.05) is 34.5 Å². The molecule has 12 nitrogen and oxygen atoms in total. The van der Waals surface area contributed by atoms with E-state index >= 15 is 0 Å². The Morgan fingerprint density at radius 2 is 1.46 bits per heavy atom. The maximum Gasteiger partial charge on any atom is 0.333 e. The Balaban J connectivity index is 1.58. The van der Waals surface area contributed by atoms with Crippen molar-refractivity contribution in [2.45, 2.75) is 103 Å². The molecular weight excluding hydrogens is 671 g/mol. The number of hydrogen-bond donors (Lipinski definition) is 5. The van der Waals surface area contributed by atoms with E-state index in [1.54, 1.807) is 24.3 Å². The van der Waals surface area contributed by atoms with Gasteiger partial charge in [0.05, 0.1) is 11.2 Å². The lowest BCUT2D eigenvalue weighted by Gasteiger charge is -2.21. The Morgan fingerprint density at radius 3 is 2.15 bits per heavy atom. The second-order valence-corrected chi connectivity index (χ2v) is 16.8. The fourth-order valence-electron chi connectivity index (χ4n) is 5.53. The highest BCUT2D eigenvalue weighted by Gasteiger charge is 2.18. The maximum absolute atomic E-state index is 13.1. The molecule has 3 rings (SSSR count). The fourth-order valence-corrected chi connectivity index (χ4v) is 7.73. The number of anilines is 3. The van der Waals surface area contributed by atoms with Gasteiger partial charge in [-0.3, -0.25) is 14.9 Å². The van der Waals surface area contributed by atoms with Gasteiger partial charge < -0.3 is 5.32 Å². The van der Waals surface area contributed by atoms with Crippen LogP contribution < -0.4 is 25.6 Å². The van der Waals surface area contributed by atoms with Crippen LogP contribution in [-0.4, -0.2) is 44.5 Å². The zero-order valence-electron chi connectivity index (χ0n) is 28.6. The van der Waals surface area contributed by atoms with Crippen molar-refractivity contribution in [1.82, 2.24) is 20.1 Å². The molecule has 0 fully saturated rings. The molecule has 15 heteroatoms. The number of hydrogen-bond acceptors (Lipinski definition) is 9. The van der Waals surface area contributed by atoms with Crippen LogP contribution in [0.15, 0.2) is 53.4 Å². The van der Waals surface area contributed by atoms with Crippen molar-refractivity contribution >= 4 is 54.1 Å². The van der Waals surface area contributed by atoms with Gasteiger partial charge >= 0.3 is 6.03 Å². The van der Waals surface area contributed by atoms with Crippen LogP contribution in [-0.2, 0) is 20.0 Å². The minimum absolute atomic E-state index is 0.0857. The topological polar surface area (TPSA) is 171 Å². The van der Waals surface area contributed by atoms with Gasteiger partial charge in [-0.1, -0.05) is 90.8 Å². The molecule has 1 aromatic heterocycles. The first-order valence-electron chi connectivity index (χ1n) is 16.6. The summed E-state index contributed by atoms with van der Waals surface area (Å²) in [6.45, 7) is 9.01. The molecule has 3 aromatic rings. The predicted octanol–water partition coefficient (Wildman–Crippen LogP) is 7.59. The molecule has 0 saturated heterocycles. The Labute approximate surface area is 290 Å². The lowest BCUT2D eigenvalue weighted by Crippen LogP contribution is -2.44. The molecular formula is C33H51N7O5S3. The molecule has 1 heterocycles. The molecule has 2 amide bonds. The monoisotopic (exact) mass is 721 g/mol. The highest BCUT2D eigenvalue weighted by molar-refractivity contribution is 7.93. The molecule has 0 radical (unpaired) electrons. The predicted molar refractivity (Wildman–Crippen MR) is 196 cm³/mol. The van der Waals surface area contributed by atoms with Crippen LogP contribution in [0.2, 0.25) is 0 Å². The number of urea groups is 1. The Hall–Kier alpha value is -3.43. The summed E-state index contributed by atoms with van der Waals surface area (Å²) in [5, 5.41) is 3.51. The van der Waals surface area contributed by atoms with E-state index in [1.165, 1.54) is 49.9 Å². The molecule has 48 heavy (non-hydrogen) atoms. The van der Waals surface area contributed by atoms with Crippen molar-refractivity contribution in [3.63, 3.8) is 0 Å². The number of nitrogens with zero attached hydrogens (tertiary/aromatic N) is 2. The average molecular weight is 722 g/mol. The smallest absolute Gasteiger partial charge is 0.333 e. The quantitative estimate of drug-likeness (QED) is 0.0553. The second kappa shape index (κ2) is 18.9. The summed E-state index contributed by atoms with van der Waals surface area (Å²) in [6, 6.07) is 11.9. The summed E-state index contributed by atoms with van der Waals surface area (Å²) in [5.74, 6) is 1.71. The Kier molecular flexibility index (Phi) is 15.4. The number of unbranched alkanes of at least 4 members (excludes halogenated alkanes) is 1. The molecule has 3 atom stereocenters. The van der Waals surface area contributed by atoms with Gasteiger partial charge in [-0.15, -0.1) is 0 Å². The average Bonchev–Trinajstić information content (AvgIpc) is 3.50. The lowest BCUT2D eigenvalue weighted by atomic mass is 9.93. The van der Waals surface area contributed by atoms with Crippen LogP contribution in [0.1, 0.15) is 91.9 Å².